The Labute approximate surface area is 160 Å². The van der Waals surface area contributed by atoms with E-state index < -0.39 is 0 Å². The molecule has 0 bridgehead atoms. The fourth-order valence-electron chi connectivity index (χ4n) is 3.31. The highest BCUT2D eigenvalue weighted by Crippen LogP contribution is 2.32. The van der Waals surface area contributed by atoms with Crippen molar-refractivity contribution in [2.45, 2.75) is 0 Å². The number of nitrogens with one attached hydrogen (secondary N) is 1. The maximum atomic E-state index is 11.9. The molecule has 0 spiro atoms. The lowest BCUT2D eigenvalue weighted by Gasteiger charge is -2.13. The molecule has 5 rings (SSSR count). The van der Waals surface area contributed by atoms with Gasteiger partial charge in [-0.25, -0.2) is 14.8 Å². The van der Waals surface area contributed by atoms with E-state index >= 15 is 0 Å². The molecule has 0 atom stereocenters. The summed E-state index contributed by atoms with van der Waals surface area (Å²) >= 11 is 0. The van der Waals surface area contributed by atoms with Crippen LogP contribution in [-0.4, -0.2) is 45.0 Å². The van der Waals surface area contributed by atoms with Crippen LogP contribution < -0.4 is 5.32 Å². The number of hydrogen-bond donors (Lipinski definition) is 1. The smallest absolute Gasteiger partial charge is 0.321 e. The SMILES string of the molecule is CN(C)C(=O)Nc1ccc2nc3c4cccnc4c4ncccc4c3nc2c1. The molecule has 0 saturated heterocycles. The second-order valence-corrected chi connectivity index (χ2v) is 6.75. The Hall–Kier alpha value is -3.87. The molecule has 0 aliphatic heterocycles. The van der Waals surface area contributed by atoms with Crippen LogP contribution in [0.5, 0.6) is 0 Å². The van der Waals surface area contributed by atoms with E-state index in [1.54, 1.807) is 26.5 Å². The number of anilines is 1. The Morgan fingerprint density at radius 3 is 2.04 bits per heavy atom. The number of nitrogens with zero attached hydrogens (tertiary/aromatic N) is 5. The number of amides is 2. The summed E-state index contributed by atoms with van der Waals surface area (Å²) in [5.41, 5.74) is 5.31. The standard InChI is InChI=1S/C21H16N6O/c1-27(2)21(28)24-12-7-8-15-16(11-12)26-20-14-6-4-10-23-18(14)17-13(19(20)25-15)5-3-9-22-17/h3-11H,1-2H3,(H,24,28). The van der Waals surface area contributed by atoms with Crippen molar-refractivity contribution in [1.82, 2.24) is 24.8 Å². The quantitative estimate of drug-likeness (QED) is 0.357. The molecule has 2 aromatic carbocycles. The van der Waals surface area contributed by atoms with Gasteiger partial charge in [0.2, 0.25) is 0 Å². The third kappa shape index (κ3) is 2.48. The number of aromatic nitrogens is 4. The third-order valence-corrected chi connectivity index (χ3v) is 4.67. The molecule has 0 aliphatic carbocycles. The second-order valence-electron chi connectivity index (χ2n) is 6.75. The Kier molecular flexibility index (Phi) is 3.55. The fraction of sp³-hybridized carbons (Fsp3) is 0.0952. The molecule has 0 aliphatic rings. The molecule has 1 N–H and O–H groups in total. The normalized spacial score (nSPS) is 11.4. The second kappa shape index (κ2) is 6.09. The molecular weight excluding hydrogens is 352 g/mol. The largest absolute Gasteiger partial charge is 0.331 e. The molecule has 0 radical (unpaired) electrons. The van der Waals surface area contributed by atoms with Crippen molar-refractivity contribution in [3.05, 3.63) is 54.9 Å². The fourth-order valence-corrected chi connectivity index (χ4v) is 3.31. The first-order valence-electron chi connectivity index (χ1n) is 8.83. The van der Waals surface area contributed by atoms with Crippen LogP contribution in [0.3, 0.4) is 0 Å². The zero-order chi connectivity index (χ0) is 19.3. The first-order chi connectivity index (χ1) is 13.6. The van der Waals surface area contributed by atoms with Crippen LogP contribution in [0.2, 0.25) is 0 Å². The average Bonchev–Trinajstić information content (AvgIpc) is 2.72. The molecule has 7 nitrogen and oxygen atoms in total. The summed E-state index contributed by atoms with van der Waals surface area (Å²) in [6.07, 6.45) is 3.52. The van der Waals surface area contributed by atoms with Crippen LogP contribution in [0.4, 0.5) is 10.5 Å². The van der Waals surface area contributed by atoms with Gasteiger partial charge in [0.25, 0.3) is 0 Å². The summed E-state index contributed by atoms with van der Waals surface area (Å²) in [6.45, 7) is 0. The van der Waals surface area contributed by atoms with Gasteiger partial charge in [-0.15, -0.1) is 0 Å². The summed E-state index contributed by atoms with van der Waals surface area (Å²) in [6, 6.07) is 13.1. The average molecular weight is 368 g/mol. The summed E-state index contributed by atoms with van der Waals surface area (Å²) in [5, 5.41) is 4.67. The predicted molar refractivity (Wildman–Crippen MR) is 110 cm³/mol. The molecule has 5 aromatic rings. The van der Waals surface area contributed by atoms with Crippen molar-refractivity contribution >= 4 is 55.6 Å². The van der Waals surface area contributed by atoms with Crippen LogP contribution >= 0.6 is 0 Å². The molecule has 0 saturated carbocycles. The highest BCUT2D eigenvalue weighted by molar-refractivity contribution is 6.21. The van der Waals surface area contributed by atoms with Crippen molar-refractivity contribution in [3.8, 4) is 0 Å². The molecule has 7 heteroatoms. The molecule has 136 valence electrons. The lowest BCUT2D eigenvalue weighted by molar-refractivity contribution is 0.230. The van der Waals surface area contributed by atoms with E-state index in [0.717, 1.165) is 38.4 Å². The van der Waals surface area contributed by atoms with E-state index in [4.69, 9.17) is 9.97 Å². The molecular formula is C21H16N6O. The van der Waals surface area contributed by atoms with Gasteiger partial charge in [0.05, 0.1) is 33.1 Å². The number of urea groups is 1. The number of carbonyl (C=O) groups is 1. The van der Waals surface area contributed by atoms with Crippen LogP contribution in [0.25, 0.3) is 43.9 Å². The van der Waals surface area contributed by atoms with E-state index in [-0.39, 0.29) is 6.03 Å². The zero-order valence-electron chi connectivity index (χ0n) is 15.3. The lowest BCUT2D eigenvalue weighted by Crippen LogP contribution is -2.27. The van der Waals surface area contributed by atoms with Gasteiger partial charge in [0.15, 0.2) is 0 Å². The maximum absolute atomic E-state index is 11.9. The summed E-state index contributed by atoms with van der Waals surface area (Å²) in [7, 11) is 3.39. The first-order valence-corrected chi connectivity index (χ1v) is 8.83. The minimum atomic E-state index is -0.195. The number of fused-ring (bicyclic) bond motifs is 7. The Morgan fingerprint density at radius 1 is 0.821 bits per heavy atom. The summed E-state index contributed by atoms with van der Waals surface area (Å²) in [4.78, 5) is 32.2. The van der Waals surface area contributed by atoms with Crippen LogP contribution in [0.1, 0.15) is 0 Å². The van der Waals surface area contributed by atoms with E-state index in [1.165, 1.54) is 4.90 Å². The van der Waals surface area contributed by atoms with Crippen molar-refractivity contribution in [2.75, 3.05) is 19.4 Å². The van der Waals surface area contributed by atoms with E-state index in [2.05, 4.69) is 15.3 Å². The van der Waals surface area contributed by atoms with Gasteiger partial charge < -0.3 is 10.2 Å². The van der Waals surface area contributed by atoms with Crippen LogP contribution in [0, 0.1) is 0 Å². The molecule has 0 fully saturated rings. The molecule has 3 heterocycles. The Balaban J connectivity index is 1.83. The number of benzene rings is 2. The van der Waals surface area contributed by atoms with E-state index in [9.17, 15) is 4.79 Å². The summed E-state index contributed by atoms with van der Waals surface area (Å²) in [5.74, 6) is 0. The van der Waals surface area contributed by atoms with E-state index in [1.807, 2.05) is 42.5 Å². The highest BCUT2D eigenvalue weighted by atomic mass is 16.2. The van der Waals surface area contributed by atoms with Crippen molar-refractivity contribution in [3.63, 3.8) is 0 Å². The summed E-state index contributed by atoms with van der Waals surface area (Å²) < 4.78 is 0. The maximum Gasteiger partial charge on any atom is 0.321 e. The Bertz CT molecular complexity index is 1400. The first kappa shape index (κ1) is 16.3. The molecule has 3 aromatic heterocycles. The Morgan fingerprint density at radius 2 is 1.43 bits per heavy atom. The van der Waals surface area contributed by atoms with Crippen LogP contribution in [0.15, 0.2) is 54.9 Å². The highest BCUT2D eigenvalue weighted by Gasteiger charge is 2.14. The van der Waals surface area contributed by atoms with Crippen LogP contribution in [-0.2, 0) is 0 Å². The number of rotatable bonds is 1. The van der Waals surface area contributed by atoms with Crippen molar-refractivity contribution < 1.29 is 4.79 Å². The zero-order valence-corrected chi connectivity index (χ0v) is 15.3. The monoisotopic (exact) mass is 368 g/mol. The topological polar surface area (TPSA) is 83.9 Å². The minimum Gasteiger partial charge on any atom is -0.331 e. The van der Waals surface area contributed by atoms with Gasteiger partial charge in [0, 0.05) is 42.9 Å². The van der Waals surface area contributed by atoms with Gasteiger partial charge in [0.1, 0.15) is 0 Å². The number of carbonyl (C=O) groups excluding carboxylic acids is 1. The van der Waals surface area contributed by atoms with Gasteiger partial charge in [-0.2, -0.15) is 0 Å². The van der Waals surface area contributed by atoms with Gasteiger partial charge in [-0.05, 0) is 42.5 Å². The van der Waals surface area contributed by atoms with E-state index in [0.29, 0.717) is 11.2 Å². The number of pyridine rings is 2. The molecule has 2 amide bonds. The third-order valence-electron chi connectivity index (χ3n) is 4.67. The predicted octanol–water partition coefficient (Wildman–Crippen LogP) is 3.97. The van der Waals surface area contributed by atoms with Gasteiger partial charge in [-0.1, -0.05) is 0 Å². The minimum absolute atomic E-state index is 0.195. The number of hydrogen-bond acceptors (Lipinski definition) is 5. The van der Waals surface area contributed by atoms with Gasteiger partial charge >= 0.3 is 6.03 Å². The lowest BCUT2D eigenvalue weighted by atomic mass is 10.1. The molecule has 28 heavy (non-hydrogen) atoms. The van der Waals surface area contributed by atoms with Gasteiger partial charge in [-0.3, -0.25) is 9.97 Å². The molecule has 0 unspecified atom stereocenters. The van der Waals surface area contributed by atoms with Crippen molar-refractivity contribution in [1.29, 1.82) is 0 Å². The van der Waals surface area contributed by atoms with Crippen molar-refractivity contribution in [2.24, 2.45) is 0 Å².